The lowest BCUT2D eigenvalue weighted by Gasteiger charge is -2.31. The Bertz CT molecular complexity index is 812. The van der Waals surface area contributed by atoms with Crippen molar-refractivity contribution in [2.45, 2.75) is 124 Å². The van der Waals surface area contributed by atoms with Crippen LogP contribution >= 0.6 is 0 Å². The molecule has 0 saturated heterocycles. The standard InChI is InChI=1S/C30H50O6/c1-8-11-19-35-27(32)15-13-17-29(4,5)23-22-26(34-10-3)24(21-25(23)31)30(6,7)18-14-16-28(33)36-20-12-9-2/h21-22,31H,8-20H2,1-7H3. The molecule has 0 aromatic heterocycles. The first kappa shape index (κ1) is 31.8. The van der Waals surface area contributed by atoms with Crippen molar-refractivity contribution in [1.29, 1.82) is 0 Å². The van der Waals surface area contributed by atoms with Gasteiger partial charge < -0.3 is 19.3 Å². The minimum Gasteiger partial charge on any atom is -0.508 e. The summed E-state index contributed by atoms with van der Waals surface area (Å²) in [5.41, 5.74) is 1.10. The summed E-state index contributed by atoms with van der Waals surface area (Å²) < 4.78 is 16.6. The molecule has 0 heterocycles. The minimum atomic E-state index is -0.343. The fourth-order valence-electron chi connectivity index (χ4n) is 4.34. The second-order valence-corrected chi connectivity index (χ2v) is 10.9. The normalized spacial score (nSPS) is 11.9. The zero-order valence-electron chi connectivity index (χ0n) is 23.8. The predicted molar refractivity (Wildman–Crippen MR) is 145 cm³/mol. The molecule has 0 amide bonds. The minimum absolute atomic E-state index is 0.154. The van der Waals surface area contributed by atoms with E-state index in [2.05, 4.69) is 41.5 Å². The molecule has 6 nitrogen and oxygen atoms in total. The molecule has 0 atom stereocenters. The van der Waals surface area contributed by atoms with Crippen LogP contribution in [0, 0.1) is 0 Å². The highest BCUT2D eigenvalue weighted by Crippen LogP contribution is 2.44. The third-order valence-corrected chi connectivity index (χ3v) is 6.74. The lowest BCUT2D eigenvalue weighted by Crippen LogP contribution is -2.22. The van der Waals surface area contributed by atoms with E-state index in [9.17, 15) is 14.7 Å². The summed E-state index contributed by atoms with van der Waals surface area (Å²) in [7, 11) is 0. The third-order valence-electron chi connectivity index (χ3n) is 6.74. The molecule has 206 valence electrons. The quantitative estimate of drug-likeness (QED) is 0.165. The second-order valence-electron chi connectivity index (χ2n) is 10.9. The lowest BCUT2D eigenvalue weighted by molar-refractivity contribution is -0.144. The van der Waals surface area contributed by atoms with Gasteiger partial charge >= 0.3 is 11.9 Å². The van der Waals surface area contributed by atoms with Crippen molar-refractivity contribution < 1.29 is 28.9 Å². The van der Waals surface area contributed by atoms with Crippen molar-refractivity contribution in [3.8, 4) is 11.5 Å². The maximum atomic E-state index is 12.0. The van der Waals surface area contributed by atoms with Gasteiger partial charge in [-0.1, -0.05) is 54.4 Å². The van der Waals surface area contributed by atoms with Crippen LogP contribution in [0.2, 0.25) is 0 Å². The zero-order chi connectivity index (χ0) is 27.2. The van der Waals surface area contributed by atoms with Crippen LogP contribution in [-0.2, 0) is 29.9 Å². The van der Waals surface area contributed by atoms with Crippen LogP contribution in [0.5, 0.6) is 11.5 Å². The Kier molecular flexibility index (Phi) is 13.9. The van der Waals surface area contributed by atoms with Gasteiger partial charge in [0.15, 0.2) is 0 Å². The summed E-state index contributed by atoms with van der Waals surface area (Å²) in [5, 5.41) is 11.0. The summed E-state index contributed by atoms with van der Waals surface area (Å²) >= 11 is 0. The van der Waals surface area contributed by atoms with Gasteiger partial charge in [-0.25, -0.2) is 0 Å². The number of unbranched alkanes of at least 4 members (excludes halogenated alkanes) is 2. The number of hydrogen-bond acceptors (Lipinski definition) is 6. The number of hydrogen-bond donors (Lipinski definition) is 1. The first-order chi connectivity index (χ1) is 17.0. The number of carbonyl (C=O) groups is 2. The van der Waals surface area contributed by atoms with Crippen LogP contribution in [0.4, 0.5) is 0 Å². The van der Waals surface area contributed by atoms with Crippen molar-refractivity contribution in [3.63, 3.8) is 0 Å². The smallest absolute Gasteiger partial charge is 0.305 e. The van der Waals surface area contributed by atoms with Crippen LogP contribution < -0.4 is 4.74 Å². The molecule has 0 aliphatic carbocycles. The van der Waals surface area contributed by atoms with E-state index in [-0.39, 0.29) is 28.5 Å². The number of benzene rings is 1. The zero-order valence-corrected chi connectivity index (χ0v) is 23.8. The summed E-state index contributed by atoms with van der Waals surface area (Å²) in [5.74, 6) is 0.673. The van der Waals surface area contributed by atoms with Crippen LogP contribution in [0.3, 0.4) is 0 Å². The van der Waals surface area contributed by atoms with Gasteiger partial charge in [0, 0.05) is 24.0 Å². The highest BCUT2D eigenvalue weighted by Gasteiger charge is 2.30. The maximum Gasteiger partial charge on any atom is 0.305 e. The summed E-state index contributed by atoms with van der Waals surface area (Å²) in [6, 6.07) is 3.77. The van der Waals surface area contributed by atoms with E-state index in [1.165, 1.54) is 0 Å². The Morgan fingerprint density at radius 3 is 1.67 bits per heavy atom. The van der Waals surface area contributed by atoms with Crippen molar-refractivity contribution in [3.05, 3.63) is 23.3 Å². The van der Waals surface area contributed by atoms with Gasteiger partial charge in [0.25, 0.3) is 0 Å². The number of phenols is 1. The molecule has 0 bridgehead atoms. The molecule has 0 aliphatic heterocycles. The number of aromatic hydroxyl groups is 1. The summed E-state index contributed by atoms with van der Waals surface area (Å²) in [4.78, 5) is 24.0. The molecule has 0 aliphatic rings. The van der Waals surface area contributed by atoms with Crippen molar-refractivity contribution in [1.82, 2.24) is 0 Å². The Morgan fingerprint density at radius 1 is 0.750 bits per heavy atom. The van der Waals surface area contributed by atoms with Crippen LogP contribution in [0.15, 0.2) is 12.1 Å². The van der Waals surface area contributed by atoms with Gasteiger partial charge in [0.05, 0.1) is 19.8 Å². The molecule has 6 heteroatoms. The Hall–Kier alpha value is -2.24. The first-order valence-corrected chi connectivity index (χ1v) is 13.8. The van der Waals surface area contributed by atoms with E-state index in [0.29, 0.717) is 45.5 Å². The van der Waals surface area contributed by atoms with Crippen molar-refractivity contribution in [2.24, 2.45) is 0 Å². The summed E-state index contributed by atoms with van der Waals surface area (Å²) in [6.45, 7) is 15.9. The van der Waals surface area contributed by atoms with Crippen LogP contribution in [-0.4, -0.2) is 36.9 Å². The maximum absolute atomic E-state index is 12.0. The SMILES string of the molecule is CCCCOC(=O)CCCC(C)(C)c1cc(OCC)c(C(C)(C)CCCC(=O)OCCCC)cc1O. The van der Waals surface area contributed by atoms with Crippen LogP contribution in [0.25, 0.3) is 0 Å². The fraction of sp³-hybridized carbons (Fsp3) is 0.733. The first-order valence-electron chi connectivity index (χ1n) is 13.8. The topological polar surface area (TPSA) is 82.1 Å². The lowest BCUT2D eigenvalue weighted by atomic mass is 9.75. The number of phenolic OH excluding ortho intramolecular Hbond substituents is 1. The highest BCUT2D eigenvalue weighted by molar-refractivity contribution is 5.69. The van der Waals surface area contributed by atoms with Gasteiger partial charge in [0.1, 0.15) is 11.5 Å². The van der Waals surface area contributed by atoms with Crippen molar-refractivity contribution >= 4 is 11.9 Å². The average molecular weight is 507 g/mol. The average Bonchev–Trinajstić information content (AvgIpc) is 2.80. The molecule has 0 unspecified atom stereocenters. The van der Waals surface area contributed by atoms with E-state index < -0.39 is 0 Å². The second kappa shape index (κ2) is 15.8. The van der Waals surface area contributed by atoms with E-state index in [4.69, 9.17) is 14.2 Å². The van der Waals surface area contributed by atoms with Gasteiger partial charge in [-0.15, -0.1) is 0 Å². The van der Waals surface area contributed by atoms with Gasteiger partial charge in [-0.05, 0) is 68.4 Å². The van der Waals surface area contributed by atoms with E-state index in [1.54, 1.807) is 0 Å². The largest absolute Gasteiger partial charge is 0.508 e. The Morgan fingerprint density at radius 2 is 1.22 bits per heavy atom. The molecule has 1 rings (SSSR count). The van der Waals surface area contributed by atoms with Gasteiger partial charge in [-0.3, -0.25) is 9.59 Å². The number of rotatable bonds is 18. The molecule has 0 saturated carbocycles. The van der Waals surface area contributed by atoms with Gasteiger partial charge in [0.2, 0.25) is 0 Å². The third kappa shape index (κ3) is 10.8. The van der Waals surface area contributed by atoms with E-state index in [1.807, 2.05) is 19.1 Å². The number of ether oxygens (including phenoxy) is 3. The molecule has 1 N–H and O–H groups in total. The molecule has 0 spiro atoms. The number of carbonyl (C=O) groups excluding carboxylic acids is 2. The Balaban J connectivity index is 2.90. The molecule has 0 radical (unpaired) electrons. The van der Waals surface area contributed by atoms with Gasteiger partial charge in [-0.2, -0.15) is 0 Å². The molecular weight excluding hydrogens is 456 g/mol. The molecule has 1 aromatic rings. The monoisotopic (exact) mass is 506 g/mol. The highest BCUT2D eigenvalue weighted by atomic mass is 16.5. The predicted octanol–water partition coefficient (Wildman–Crippen LogP) is 7.37. The molecular formula is C30H50O6. The van der Waals surface area contributed by atoms with E-state index >= 15 is 0 Å². The number of esters is 2. The Labute approximate surface area is 219 Å². The molecule has 0 fully saturated rings. The molecule has 1 aromatic carbocycles. The molecule has 36 heavy (non-hydrogen) atoms. The van der Waals surface area contributed by atoms with E-state index in [0.717, 1.165) is 55.4 Å². The van der Waals surface area contributed by atoms with Crippen LogP contribution in [0.1, 0.15) is 124 Å². The fourth-order valence-corrected chi connectivity index (χ4v) is 4.34. The van der Waals surface area contributed by atoms with Crippen molar-refractivity contribution in [2.75, 3.05) is 19.8 Å². The summed E-state index contributed by atoms with van der Waals surface area (Å²) in [6.07, 6.45) is 7.41.